The summed E-state index contributed by atoms with van der Waals surface area (Å²) < 4.78 is 0. The third kappa shape index (κ3) is 7.03. The Hall–Kier alpha value is -3.92. The number of benzene rings is 3. The predicted molar refractivity (Wildman–Crippen MR) is 147 cm³/mol. The molecule has 0 saturated heterocycles. The normalized spacial score (nSPS) is 11.8. The standard InChI is InChI=1S/C31H34N4/c1-31(2,3)28-20-19-27(30(35-28)34-23-26-17-11-6-12-18-26)29(32-21-24-13-7-4-8-14-24)33-22-25-15-9-5-10-16-25/h4-20H,21-23H2,1-3H3,(H,32,33)(H,34,35). The smallest absolute Gasteiger partial charge is 0.137 e. The van der Waals surface area contributed by atoms with Crippen molar-refractivity contribution >= 4 is 11.7 Å². The first kappa shape index (κ1) is 24.2. The molecule has 4 aromatic rings. The number of nitrogens with zero attached hydrogens (tertiary/aromatic N) is 2. The molecule has 35 heavy (non-hydrogen) atoms. The molecule has 0 aliphatic rings. The molecular weight excluding hydrogens is 428 g/mol. The molecule has 3 aromatic carbocycles. The first-order valence-corrected chi connectivity index (χ1v) is 12.1. The van der Waals surface area contributed by atoms with Gasteiger partial charge in [0, 0.05) is 24.2 Å². The molecule has 0 atom stereocenters. The van der Waals surface area contributed by atoms with Crippen LogP contribution in [0.3, 0.4) is 0 Å². The predicted octanol–water partition coefficient (Wildman–Crippen LogP) is 6.73. The van der Waals surface area contributed by atoms with Crippen LogP contribution in [0, 0.1) is 0 Å². The average molecular weight is 463 g/mol. The quantitative estimate of drug-likeness (QED) is 0.225. The highest BCUT2D eigenvalue weighted by Crippen LogP contribution is 2.25. The van der Waals surface area contributed by atoms with Crippen LogP contribution in [0.4, 0.5) is 5.82 Å². The van der Waals surface area contributed by atoms with Crippen molar-refractivity contribution in [3.8, 4) is 0 Å². The summed E-state index contributed by atoms with van der Waals surface area (Å²) >= 11 is 0. The number of amidine groups is 1. The van der Waals surface area contributed by atoms with Gasteiger partial charge >= 0.3 is 0 Å². The maximum absolute atomic E-state index is 5.06. The van der Waals surface area contributed by atoms with E-state index in [1.54, 1.807) is 0 Å². The Morgan fingerprint density at radius 1 is 0.686 bits per heavy atom. The lowest BCUT2D eigenvalue weighted by atomic mass is 9.91. The van der Waals surface area contributed by atoms with Gasteiger partial charge in [0.15, 0.2) is 0 Å². The minimum atomic E-state index is -0.0550. The van der Waals surface area contributed by atoms with E-state index < -0.39 is 0 Å². The van der Waals surface area contributed by atoms with E-state index in [1.807, 2.05) is 18.2 Å². The number of nitrogens with one attached hydrogen (secondary N) is 2. The Morgan fingerprint density at radius 2 is 1.23 bits per heavy atom. The van der Waals surface area contributed by atoms with E-state index in [2.05, 4.69) is 116 Å². The molecular formula is C31H34N4. The molecule has 0 aliphatic heterocycles. The van der Waals surface area contributed by atoms with E-state index in [-0.39, 0.29) is 5.41 Å². The lowest BCUT2D eigenvalue weighted by molar-refractivity contribution is 0.569. The van der Waals surface area contributed by atoms with Crippen molar-refractivity contribution in [2.24, 2.45) is 4.99 Å². The number of hydrogen-bond acceptors (Lipinski definition) is 3. The van der Waals surface area contributed by atoms with Crippen molar-refractivity contribution in [3.63, 3.8) is 0 Å². The van der Waals surface area contributed by atoms with Crippen LogP contribution in [0.25, 0.3) is 0 Å². The maximum Gasteiger partial charge on any atom is 0.137 e. The van der Waals surface area contributed by atoms with Gasteiger partial charge in [-0.1, -0.05) is 112 Å². The molecule has 0 aliphatic carbocycles. The fraction of sp³-hybridized carbons (Fsp3) is 0.226. The summed E-state index contributed by atoms with van der Waals surface area (Å²) in [4.78, 5) is 10.1. The van der Waals surface area contributed by atoms with Crippen LogP contribution in [-0.2, 0) is 25.0 Å². The Bertz CT molecular complexity index is 1230. The fourth-order valence-corrected chi connectivity index (χ4v) is 3.76. The van der Waals surface area contributed by atoms with E-state index in [0.717, 1.165) is 22.9 Å². The molecule has 4 heteroatoms. The zero-order chi connectivity index (χ0) is 24.5. The van der Waals surface area contributed by atoms with E-state index in [9.17, 15) is 0 Å². The SMILES string of the molecule is CC(C)(C)c1ccc(C(=NCc2ccccc2)NCc2ccccc2)c(NCc2ccccc2)n1. The van der Waals surface area contributed by atoms with Gasteiger partial charge in [-0.3, -0.25) is 4.99 Å². The van der Waals surface area contributed by atoms with Gasteiger partial charge in [-0.25, -0.2) is 4.98 Å². The molecule has 0 unspecified atom stereocenters. The number of aliphatic imine (C=N–C) groups is 1. The van der Waals surface area contributed by atoms with Crippen molar-refractivity contribution in [2.45, 2.75) is 45.8 Å². The molecule has 178 valence electrons. The van der Waals surface area contributed by atoms with E-state index in [0.29, 0.717) is 19.6 Å². The monoisotopic (exact) mass is 462 g/mol. The number of aromatic nitrogens is 1. The Morgan fingerprint density at radius 3 is 1.80 bits per heavy atom. The van der Waals surface area contributed by atoms with Gasteiger partial charge in [-0.15, -0.1) is 0 Å². The van der Waals surface area contributed by atoms with Gasteiger partial charge in [0.05, 0.1) is 12.1 Å². The minimum Gasteiger partial charge on any atom is -0.366 e. The van der Waals surface area contributed by atoms with E-state index >= 15 is 0 Å². The third-order valence-corrected chi connectivity index (χ3v) is 5.79. The van der Waals surface area contributed by atoms with Gasteiger partial charge in [0.1, 0.15) is 11.7 Å². The summed E-state index contributed by atoms with van der Waals surface area (Å²) in [7, 11) is 0. The van der Waals surface area contributed by atoms with Crippen molar-refractivity contribution in [1.82, 2.24) is 10.3 Å². The largest absolute Gasteiger partial charge is 0.366 e. The molecule has 4 rings (SSSR count). The summed E-state index contributed by atoms with van der Waals surface area (Å²) in [6.07, 6.45) is 0. The first-order chi connectivity index (χ1) is 17.0. The molecule has 0 spiro atoms. The summed E-state index contributed by atoms with van der Waals surface area (Å²) in [5, 5.41) is 7.18. The number of anilines is 1. The Kier molecular flexibility index (Phi) is 7.94. The third-order valence-electron chi connectivity index (χ3n) is 5.79. The zero-order valence-electron chi connectivity index (χ0n) is 20.8. The lowest BCUT2D eigenvalue weighted by Gasteiger charge is -2.22. The molecule has 0 radical (unpaired) electrons. The van der Waals surface area contributed by atoms with Crippen molar-refractivity contribution in [2.75, 3.05) is 5.32 Å². The van der Waals surface area contributed by atoms with Crippen LogP contribution in [0.5, 0.6) is 0 Å². The second-order valence-electron chi connectivity index (χ2n) is 9.67. The highest BCUT2D eigenvalue weighted by Gasteiger charge is 2.19. The Balaban J connectivity index is 1.68. The molecule has 1 aromatic heterocycles. The second kappa shape index (κ2) is 11.5. The molecule has 2 N–H and O–H groups in total. The van der Waals surface area contributed by atoms with Gasteiger partial charge in [-0.05, 0) is 28.8 Å². The van der Waals surface area contributed by atoms with Crippen LogP contribution in [0.2, 0.25) is 0 Å². The van der Waals surface area contributed by atoms with Crippen molar-refractivity contribution < 1.29 is 0 Å². The molecule has 4 nitrogen and oxygen atoms in total. The van der Waals surface area contributed by atoms with Crippen LogP contribution in [-0.4, -0.2) is 10.8 Å². The van der Waals surface area contributed by atoms with Crippen LogP contribution in [0.1, 0.15) is 48.7 Å². The maximum atomic E-state index is 5.06. The van der Waals surface area contributed by atoms with E-state index in [1.165, 1.54) is 16.7 Å². The van der Waals surface area contributed by atoms with Crippen LogP contribution < -0.4 is 10.6 Å². The highest BCUT2D eigenvalue weighted by molar-refractivity contribution is 6.02. The van der Waals surface area contributed by atoms with Gasteiger partial charge in [0.2, 0.25) is 0 Å². The number of hydrogen-bond donors (Lipinski definition) is 2. The first-order valence-electron chi connectivity index (χ1n) is 12.1. The molecule has 1 heterocycles. The van der Waals surface area contributed by atoms with Crippen molar-refractivity contribution in [1.29, 1.82) is 0 Å². The Labute approximate surface area is 209 Å². The van der Waals surface area contributed by atoms with E-state index in [4.69, 9.17) is 9.98 Å². The van der Waals surface area contributed by atoms with Gasteiger partial charge in [-0.2, -0.15) is 0 Å². The molecule has 0 bridgehead atoms. The lowest BCUT2D eigenvalue weighted by Crippen LogP contribution is -2.27. The van der Waals surface area contributed by atoms with Crippen LogP contribution >= 0.6 is 0 Å². The average Bonchev–Trinajstić information content (AvgIpc) is 2.89. The second-order valence-corrected chi connectivity index (χ2v) is 9.67. The summed E-state index contributed by atoms with van der Waals surface area (Å²) in [5.41, 5.74) is 5.55. The molecule has 0 amide bonds. The summed E-state index contributed by atoms with van der Waals surface area (Å²) in [5.74, 6) is 1.68. The fourth-order valence-electron chi connectivity index (χ4n) is 3.76. The summed E-state index contributed by atoms with van der Waals surface area (Å²) in [6, 6.07) is 35.4. The molecule has 0 fully saturated rings. The minimum absolute atomic E-state index is 0.0550. The van der Waals surface area contributed by atoms with Gasteiger partial charge in [0.25, 0.3) is 0 Å². The number of rotatable bonds is 8. The van der Waals surface area contributed by atoms with Crippen molar-refractivity contribution in [3.05, 3.63) is 131 Å². The highest BCUT2D eigenvalue weighted by atomic mass is 15.0. The number of pyridine rings is 1. The topological polar surface area (TPSA) is 49.3 Å². The van der Waals surface area contributed by atoms with Gasteiger partial charge < -0.3 is 10.6 Å². The summed E-state index contributed by atoms with van der Waals surface area (Å²) in [6.45, 7) is 8.54. The molecule has 0 saturated carbocycles. The van der Waals surface area contributed by atoms with Crippen LogP contribution in [0.15, 0.2) is 108 Å². The zero-order valence-corrected chi connectivity index (χ0v) is 20.8.